The van der Waals surface area contributed by atoms with E-state index in [-0.39, 0.29) is 17.5 Å². The van der Waals surface area contributed by atoms with Crippen LogP contribution < -0.4 is 5.32 Å². The lowest BCUT2D eigenvalue weighted by Gasteiger charge is -2.44. The quantitative estimate of drug-likeness (QED) is 0.774. The Bertz CT molecular complexity index is 978. The van der Waals surface area contributed by atoms with Gasteiger partial charge >= 0.3 is 0 Å². The summed E-state index contributed by atoms with van der Waals surface area (Å²) in [6.45, 7) is 5.90. The van der Waals surface area contributed by atoms with Crippen LogP contribution in [0.25, 0.3) is 0 Å². The highest BCUT2D eigenvalue weighted by atomic mass is 19.1. The lowest BCUT2D eigenvalue weighted by Crippen LogP contribution is -2.55. The first-order valence-electron chi connectivity index (χ1n) is 10.6. The number of nitrogens with zero attached hydrogens (tertiary/aromatic N) is 5. The van der Waals surface area contributed by atoms with Crippen molar-refractivity contribution in [1.82, 2.24) is 30.2 Å². The Balaban J connectivity index is 1.43. The number of aromatic nitrogens is 4. The van der Waals surface area contributed by atoms with Gasteiger partial charge in [-0.3, -0.25) is 9.59 Å². The minimum Gasteiger partial charge on any atom is -0.365 e. The molecule has 4 rings (SSSR count). The fourth-order valence-corrected chi connectivity index (χ4v) is 4.17. The molecule has 0 saturated carbocycles. The first kappa shape index (κ1) is 21.4. The van der Waals surface area contributed by atoms with Gasteiger partial charge in [-0.1, -0.05) is 19.1 Å². The van der Waals surface area contributed by atoms with Crippen LogP contribution in [0.15, 0.2) is 18.3 Å². The van der Waals surface area contributed by atoms with Gasteiger partial charge in [0.15, 0.2) is 11.5 Å². The van der Waals surface area contributed by atoms with E-state index in [4.69, 9.17) is 4.74 Å². The molecule has 0 aliphatic carbocycles. The van der Waals surface area contributed by atoms with Gasteiger partial charge in [0.1, 0.15) is 11.3 Å². The molecule has 1 fully saturated rings. The molecule has 2 aliphatic heterocycles. The van der Waals surface area contributed by atoms with Gasteiger partial charge < -0.3 is 15.0 Å². The summed E-state index contributed by atoms with van der Waals surface area (Å²) in [6, 6.07) is 2.70. The molecule has 10 heteroatoms. The summed E-state index contributed by atoms with van der Waals surface area (Å²) in [7, 11) is 0. The zero-order valence-electron chi connectivity index (χ0n) is 17.8. The maximum atomic E-state index is 14.0. The summed E-state index contributed by atoms with van der Waals surface area (Å²) < 4.78 is 22.1. The van der Waals surface area contributed by atoms with E-state index in [0.29, 0.717) is 44.9 Å². The Hall–Kier alpha value is -2.88. The molecule has 2 aliphatic rings. The summed E-state index contributed by atoms with van der Waals surface area (Å²) in [5.74, 6) is -0.792. The Morgan fingerprint density at radius 2 is 2.19 bits per heavy atom. The number of hydrogen-bond donors (Lipinski definition) is 1. The molecular weight excluding hydrogens is 403 g/mol. The fourth-order valence-electron chi connectivity index (χ4n) is 4.17. The Labute approximate surface area is 180 Å². The van der Waals surface area contributed by atoms with Crippen LogP contribution in [0.2, 0.25) is 0 Å². The number of piperidine rings is 1. The van der Waals surface area contributed by atoms with Gasteiger partial charge in [0, 0.05) is 19.2 Å². The smallest absolute Gasteiger partial charge is 0.275 e. The van der Waals surface area contributed by atoms with Gasteiger partial charge in [0.2, 0.25) is 5.91 Å². The van der Waals surface area contributed by atoms with E-state index in [0.717, 1.165) is 18.5 Å². The zero-order valence-corrected chi connectivity index (χ0v) is 17.8. The molecule has 0 aromatic carbocycles. The number of pyridine rings is 1. The molecule has 166 valence electrons. The molecule has 4 heterocycles. The third kappa shape index (κ3) is 4.58. The van der Waals surface area contributed by atoms with Crippen molar-refractivity contribution in [3.8, 4) is 0 Å². The predicted octanol–water partition coefficient (Wildman–Crippen LogP) is 1.68. The third-order valence-electron chi connectivity index (χ3n) is 5.71. The first-order chi connectivity index (χ1) is 14.9. The molecule has 1 spiro atoms. The summed E-state index contributed by atoms with van der Waals surface area (Å²) in [5, 5.41) is 11.3. The van der Waals surface area contributed by atoms with Gasteiger partial charge in [-0.2, -0.15) is 0 Å². The van der Waals surface area contributed by atoms with Crippen molar-refractivity contribution < 1.29 is 18.7 Å². The number of carbonyl (C=O) groups excluding carboxylic acids is 2. The maximum Gasteiger partial charge on any atom is 0.275 e. The Morgan fingerprint density at radius 1 is 1.35 bits per heavy atom. The van der Waals surface area contributed by atoms with Gasteiger partial charge in [-0.15, -0.1) is 5.10 Å². The maximum absolute atomic E-state index is 14.0. The molecule has 1 atom stereocenters. The normalized spacial score (nSPS) is 20.7. The molecule has 0 radical (unpaired) electrons. The van der Waals surface area contributed by atoms with Crippen LogP contribution in [0.4, 0.5) is 4.39 Å². The second-order valence-electron chi connectivity index (χ2n) is 8.65. The van der Waals surface area contributed by atoms with Gasteiger partial charge in [-0.25, -0.2) is 14.1 Å². The van der Waals surface area contributed by atoms with Crippen molar-refractivity contribution >= 4 is 11.8 Å². The summed E-state index contributed by atoms with van der Waals surface area (Å²) in [5.41, 5.74) is 0.745. The highest BCUT2D eigenvalue weighted by molar-refractivity contribution is 5.92. The molecule has 0 bridgehead atoms. The molecule has 2 aromatic rings. The SMILES string of the molecule is CC(C)CC(=O)NCc1nnn2c1COC1(CCCN(C(=O)c3ncccc3F)C1)C2. The molecule has 1 unspecified atom stereocenters. The number of rotatable bonds is 5. The highest BCUT2D eigenvalue weighted by Crippen LogP contribution is 2.33. The summed E-state index contributed by atoms with van der Waals surface area (Å²) in [4.78, 5) is 30.3. The van der Waals surface area contributed by atoms with E-state index in [1.165, 1.54) is 18.3 Å². The minimum atomic E-state index is -0.626. The van der Waals surface area contributed by atoms with Crippen LogP contribution in [0.1, 0.15) is 55.0 Å². The standard InChI is InChI=1S/C21H27FN6O3/c1-14(2)9-18(29)24-10-16-17-11-31-21(13-28(17)26-25-16)6-4-8-27(12-21)20(30)19-15(22)5-3-7-23-19/h3,5,7,14H,4,6,8-13H2,1-2H3,(H,24,29). The van der Waals surface area contributed by atoms with E-state index < -0.39 is 17.3 Å². The lowest BCUT2D eigenvalue weighted by molar-refractivity contribution is -0.123. The van der Waals surface area contributed by atoms with Gasteiger partial charge in [0.05, 0.1) is 31.9 Å². The number of fused-ring (bicyclic) bond motifs is 1. The molecule has 31 heavy (non-hydrogen) atoms. The van der Waals surface area contributed by atoms with Crippen LogP contribution in [-0.2, 0) is 29.2 Å². The topological polar surface area (TPSA) is 102 Å². The second-order valence-corrected chi connectivity index (χ2v) is 8.65. The van der Waals surface area contributed by atoms with Gasteiger partial charge in [0.25, 0.3) is 5.91 Å². The van der Waals surface area contributed by atoms with E-state index >= 15 is 0 Å². The van der Waals surface area contributed by atoms with Gasteiger partial charge in [-0.05, 0) is 30.9 Å². The Kier molecular flexibility index (Phi) is 5.99. The van der Waals surface area contributed by atoms with Crippen molar-refractivity contribution in [3.63, 3.8) is 0 Å². The van der Waals surface area contributed by atoms with Crippen LogP contribution in [0, 0.1) is 11.7 Å². The number of ether oxygens (including phenoxy) is 1. The molecular formula is C21H27FN6O3. The number of likely N-dealkylation sites (tertiary alicyclic amines) is 1. The molecule has 1 N–H and O–H groups in total. The van der Waals surface area contributed by atoms with Crippen LogP contribution in [0.3, 0.4) is 0 Å². The predicted molar refractivity (Wildman–Crippen MR) is 108 cm³/mol. The third-order valence-corrected chi connectivity index (χ3v) is 5.71. The number of nitrogens with one attached hydrogen (secondary N) is 1. The van der Waals surface area contributed by atoms with Crippen LogP contribution >= 0.6 is 0 Å². The Morgan fingerprint density at radius 3 is 2.97 bits per heavy atom. The first-order valence-corrected chi connectivity index (χ1v) is 10.6. The molecule has 1 saturated heterocycles. The van der Waals surface area contributed by atoms with Crippen molar-refractivity contribution in [2.45, 2.75) is 58.4 Å². The average Bonchev–Trinajstić information content (AvgIpc) is 3.13. The average molecular weight is 430 g/mol. The highest BCUT2D eigenvalue weighted by Gasteiger charge is 2.43. The number of amides is 2. The largest absolute Gasteiger partial charge is 0.365 e. The molecule has 2 aromatic heterocycles. The number of halogens is 1. The van der Waals surface area contributed by atoms with E-state index in [2.05, 4.69) is 20.6 Å². The second kappa shape index (κ2) is 8.70. The van der Waals surface area contributed by atoms with Crippen molar-refractivity contribution in [3.05, 3.63) is 41.2 Å². The summed E-state index contributed by atoms with van der Waals surface area (Å²) >= 11 is 0. The lowest BCUT2D eigenvalue weighted by atomic mass is 9.91. The minimum absolute atomic E-state index is 0.0202. The molecule has 9 nitrogen and oxygen atoms in total. The van der Waals surface area contributed by atoms with E-state index in [1.807, 2.05) is 13.8 Å². The van der Waals surface area contributed by atoms with E-state index in [1.54, 1.807) is 9.58 Å². The number of carbonyl (C=O) groups is 2. The molecule has 2 amide bonds. The fraction of sp³-hybridized carbons (Fsp3) is 0.571. The van der Waals surface area contributed by atoms with Crippen molar-refractivity contribution in [1.29, 1.82) is 0 Å². The summed E-state index contributed by atoms with van der Waals surface area (Å²) in [6.07, 6.45) is 3.38. The number of hydrogen-bond acceptors (Lipinski definition) is 6. The van der Waals surface area contributed by atoms with Crippen LogP contribution in [-0.4, -0.2) is 55.4 Å². The van der Waals surface area contributed by atoms with Crippen LogP contribution in [0.5, 0.6) is 0 Å². The van der Waals surface area contributed by atoms with E-state index in [9.17, 15) is 14.0 Å². The zero-order chi connectivity index (χ0) is 22.0. The monoisotopic (exact) mass is 430 g/mol. The van der Waals surface area contributed by atoms with Crippen molar-refractivity contribution in [2.75, 3.05) is 13.1 Å². The van der Waals surface area contributed by atoms with Crippen molar-refractivity contribution in [2.24, 2.45) is 5.92 Å².